The van der Waals surface area contributed by atoms with Crippen LogP contribution in [0.3, 0.4) is 0 Å². The maximum absolute atomic E-state index is 12.5. The highest BCUT2D eigenvalue weighted by molar-refractivity contribution is 5.91. The molecule has 0 aliphatic carbocycles. The number of hydrogen-bond donors (Lipinski definition) is 0. The fraction of sp³-hybridized carbons (Fsp3) is 0.375. The predicted octanol–water partition coefficient (Wildman–Crippen LogP) is 1.20. The topological polar surface area (TPSA) is 68.2 Å². The molecule has 2 aromatic rings. The molecule has 1 aliphatic heterocycles. The zero-order chi connectivity index (χ0) is 15.2. The molecule has 3 heterocycles. The molecule has 0 unspecified atom stereocenters. The van der Waals surface area contributed by atoms with Gasteiger partial charge >= 0.3 is 0 Å². The van der Waals surface area contributed by atoms with Gasteiger partial charge in [-0.2, -0.15) is 0 Å². The molecule has 3 rings (SSSR count). The van der Waals surface area contributed by atoms with Crippen molar-refractivity contribution >= 4 is 5.91 Å². The highest BCUT2D eigenvalue weighted by Gasteiger charge is 2.24. The molecule has 0 spiro atoms. The van der Waals surface area contributed by atoms with Crippen molar-refractivity contribution < 1.29 is 9.53 Å². The second kappa shape index (κ2) is 7.09. The Morgan fingerprint density at radius 2 is 2.18 bits per heavy atom. The first-order valence-electron chi connectivity index (χ1n) is 7.35. The number of aromatic nitrogens is 3. The summed E-state index contributed by atoms with van der Waals surface area (Å²) in [6.45, 7) is 2.44. The third-order valence-corrected chi connectivity index (χ3v) is 3.65. The van der Waals surface area contributed by atoms with Crippen LogP contribution in [0.1, 0.15) is 16.1 Å². The lowest BCUT2D eigenvalue weighted by molar-refractivity contribution is 0.0731. The molecule has 22 heavy (non-hydrogen) atoms. The van der Waals surface area contributed by atoms with Gasteiger partial charge in [0.2, 0.25) is 0 Å². The first-order valence-corrected chi connectivity index (χ1v) is 7.35. The molecule has 0 bridgehead atoms. The monoisotopic (exact) mass is 298 g/mol. The summed E-state index contributed by atoms with van der Waals surface area (Å²) in [5.74, 6) is 0.169. The van der Waals surface area contributed by atoms with Crippen LogP contribution in [0.2, 0.25) is 0 Å². The molecule has 1 saturated heterocycles. The summed E-state index contributed by atoms with van der Waals surface area (Å²) in [6.07, 6.45) is 9.07. The smallest absolute Gasteiger partial charge is 0.274 e. The van der Waals surface area contributed by atoms with Crippen molar-refractivity contribution in [2.75, 3.05) is 26.3 Å². The van der Waals surface area contributed by atoms with Gasteiger partial charge in [-0.05, 0) is 18.1 Å². The highest BCUT2D eigenvalue weighted by atomic mass is 16.5. The van der Waals surface area contributed by atoms with Gasteiger partial charge < -0.3 is 9.64 Å². The number of rotatable bonds is 3. The summed E-state index contributed by atoms with van der Waals surface area (Å²) in [6, 6.07) is 3.97. The fourth-order valence-corrected chi connectivity index (χ4v) is 2.61. The minimum absolute atomic E-state index is 0.0882. The summed E-state index contributed by atoms with van der Waals surface area (Å²) < 4.78 is 5.65. The Hall–Kier alpha value is -2.34. The third kappa shape index (κ3) is 3.65. The molecule has 0 aromatic carbocycles. The molecule has 1 fully saturated rings. The van der Waals surface area contributed by atoms with E-state index >= 15 is 0 Å². The van der Waals surface area contributed by atoms with Gasteiger partial charge in [-0.25, -0.2) is 4.98 Å². The van der Waals surface area contributed by atoms with E-state index in [-0.39, 0.29) is 11.8 Å². The molecule has 6 nitrogen and oxygen atoms in total. The van der Waals surface area contributed by atoms with Crippen LogP contribution in [0.15, 0.2) is 43.1 Å². The number of pyridine rings is 1. The zero-order valence-electron chi connectivity index (χ0n) is 12.3. The number of nitrogens with zero attached hydrogens (tertiary/aromatic N) is 4. The van der Waals surface area contributed by atoms with Gasteiger partial charge in [0.25, 0.3) is 5.91 Å². The SMILES string of the molecule is O=C(c1cnccn1)N1CCOC[C@H](Cc2cccnc2)C1. The van der Waals surface area contributed by atoms with Crippen LogP contribution in [0.4, 0.5) is 0 Å². The molecule has 1 amide bonds. The molecule has 1 atom stereocenters. The molecular weight excluding hydrogens is 280 g/mol. The van der Waals surface area contributed by atoms with Gasteiger partial charge in [0.1, 0.15) is 5.69 Å². The van der Waals surface area contributed by atoms with Gasteiger partial charge in [0, 0.05) is 43.8 Å². The quantitative estimate of drug-likeness (QED) is 0.852. The lowest BCUT2D eigenvalue weighted by atomic mass is 10.0. The molecule has 114 valence electrons. The van der Waals surface area contributed by atoms with E-state index in [4.69, 9.17) is 4.74 Å². The average molecular weight is 298 g/mol. The van der Waals surface area contributed by atoms with Crippen LogP contribution in [-0.2, 0) is 11.2 Å². The maximum atomic E-state index is 12.5. The van der Waals surface area contributed by atoms with E-state index in [1.807, 2.05) is 18.3 Å². The van der Waals surface area contributed by atoms with Gasteiger partial charge in [-0.3, -0.25) is 14.8 Å². The van der Waals surface area contributed by atoms with Crippen LogP contribution in [-0.4, -0.2) is 52.1 Å². The zero-order valence-corrected chi connectivity index (χ0v) is 12.3. The van der Waals surface area contributed by atoms with Crippen LogP contribution < -0.4 is 0 Å². The van der Waals surface area contributed by atoms with Crippen molar-refractivity contribution in [2.24, 2.45) is 5.92 Å². The van der Waals surface area contributed by atoms with Crippen molar-refractivity contribution in [1.29, 1.82) is 0 Å². The largest absolute Gasteiger partial charge is 0.379 e. The Balaban J connectivity index is 1.69. The van der Waals surface area contributed by atoms with E-state index in [2.05, 4.69) is 15.0 Å². The summed E-state index contributed by atoms with van der Waals surface area (Å²) in [5.41, 5.74) is 1.54. The number of carbonyl (C=O) groups is 1. The summed E-state index contributed by atoms with van der Waals surface area (Å²) in [4.78, 5) is 26.5. The summed E-state index contributed by atoms with van der Waals surface area (Å²) >= 11 is 0. The Labute approximate surface area is 129 Å². The molecule has 0 N–H and O–H groups in total. The van der Waals surface area contributed by atoms with E-state index in [0.717, 1.165) is 12.0 Å². The number of carbonyl (C=O) groups excluding carboxylic acids is 1. The first-order chi connectivity index (χ1) is 10.8. The lowest BCUT2D eigenvalue weighted by Gasteiger charge is -2.23. The van der Waals surface area contributed by atoms with E-state index in [9.17, 15) is 4.79 Å². The van der Waals surface area contributed by atoms with Crippen molar-refractivity contribution in [3.05, 3.63) is 54.4 Å². The van der Waals surface area contributed by atoms with Crippen LogP contribution in [0, 0.1) is 5.92 Å². The number of amides is 1. The molecule has 0 radical (unpaired) electrons. The minimum Gasteiger partial charge on any atom is -0.379 e. The van der Waals surface area contributed by atoms with E-state index in [0.29, 0.717) is 32.0 Å². The van der Waals surface area contributed by atoms with Crippen molar-refractivity contribution in [1.82, 2.24) is 19.9 Å². The highest BCUT2D eigenvalue weighted by Crippen LogP contribution is 2.14. The van der Waals surface area contributed by atoms with Crippen molar-refractivity contribution in [2.45, 2.75) is 6.42 Å². The Morgan fingerprint density at radius 3 is 2.95 bits per heavy atom. The normalized spacial score (nSPS) is 18.7. The second-order valence-corrected chi connectivity index (χ2v) is 5.35. The minimum atomic E-state index is -0.0882. The number of hydrogen-bond acceptors (Lipinski definition) is 5. The Morgan fingerprint density at radius 1 is 1.27 bits per heavy atom. The average Bonchev–Trinajstić information content (AvgIpc) is 2.81. The predicted molar refractivity (Wildman–Crippen MR) is 80.2 cm³/mol. The fourth-order valence-electron chi connectivity index (χ4n) is 2.61. The van der Waals surface area contributed by atoms with Crippen molar-refractivity contribution in [3.63, 3.8) is 0 Å². The van der Waals surface area contributed by atoms with Gasteiger partial charge in [0.15, 0.2) is 0 Å². The molecule has 2 aromatic heterocycles. The standard InChI is InChI=1S/C16H18N4O2/c21-16(15-10-18-4-5-19-15)20-6-7-22-12-14(11-20)8-13-2-1-3-17-9-13/h1-5,9-10,14H,6-8,11-12H2/t14-/m1/s1. The summed E-state index contributed by atoms with van der Waals surface area (Å²) in [7, 11) is 0. The maximum Gasteiger partial charge on any atom is 0.274 e. The van der Waals surface area contributed by atoms with Crippen LogP contribution in [0.5, 0.6) is 0 Å². The van der Waals surface area contributed by atoms with Crippen molar-refractivity contribution in [3.8, 4) is 0 Å². The van der Waals surface area contributed by atoms with Gasteiger partial charge in [-0.1, -0.05) is 6.07 Å². The molecule has 1 aliphatic rings. The molecular formula is C16H18N4O2. The van der Waals surface area contributed by atoms with Crippen LogP contribution >= 0.6 is 0 Å². The Bertz CT molecular complexity index is 606. The molecule has 6 heteroatoms. The molecule has 0 saturated carbocycles. The van der Waals surface area contributed by atoms with Gasteiger partial charge in [0.05, 0.1) is 19.4 Å². The van der Waals surface area contributed by atoms with E-state index in [1.54, 1.807) is 17.3 Å². The number of ether oxygens (including phenoxy) is 1. The second-order valence-electron chi connectivity index (χ2n) is 5.35. The van der Waals surface area contributed by atoms with E-state index < -0.39 is 0 Å². The van der Waals surface area contributed by atoms with E-state index in [1.165, 1.54) is 12.4 Å². The Kier molecular flexibility index (Phi) is 4.70. The van der Waals surface area contributed by atoms with Crippen LogP contribution in [0.25, 0.3) is 0 Å². The van der Waals surface area contributed by atoms with Gasteiger partial charge in [-0.15, -0.1) is 0 Å². The lowest BCUT2D eigenvalue weighted by Crippen LogP contribution is -2.36. The third-order valence-electron chi connectivity index (χ3n) is 3.65. The summed E-state index contributed by atoms with van der Waals surface area (Å²) in [5, 5.41) is 0. The first kappa shape index (κ1) is 14.6.